The molecule has 3 aliphatic rings. The Balaban J connectivity index is 1.50. The quantitative estimate of drug-likeness (QED) is 0.539. The zero-order valence-electron chi connectivity index (χ0n) is 21.4. The second kappa shape index (κ2) is 13.1. The second-order valence-corrected chi connectivity index (χ2v) is 11.6. The van der Waals surface area contributed by atoms with E-state index in [1.165, 1.54) is 25.7 Å². The molecule has 0 spiro atoms. The Kier molecular flexibility index (Phi) is 10.8. The molecule has 0 amide bonds. The van der Waals surface area contributed by atoms with Crippen molar-refractivity contribution in [3.05, 3.63) is 0 Å². The summed E-state index contributed by atoms with van der Waals surface area (Å²) in [5.74, 6) is 0. The first-order valence-corrected chi connectivity index (χ1v) is 13.5. The highest BCUT2D eigenvalue weighted by molar-refractivity contribution is 6.14. The standard InChI is InChI=1S/C26H49BO5/c1-25(2,3)22-14-13-21(11-9-19-28-22)31-23-15-17-26(27,16-10-20-29-23)32-24-12-7-5-4-6-8-18-30-24/h21-24H,4-20,27H2,1-3H3. The van der Waals surface area contributed by atoms with Crippen molar-refractivity contribution in [2.75, 3.05) is 19.8 Å². The molecular weight excluding hydrogens is 403 g/mol. The maximum atomic E-state index is 6.62. The van der Waals surface area contributed by atoms with Crippen LogP contribution in [0, 0.1) is 5.41 Å². The van der Waals surface area contributed by atoms with Gasteiger partial charge in [-0.3, -0.25) is 0 Å². The third-order valence-electron chi connectivity index (χ3n) is 7.42. The topological polar surface area (TPSA) is 46.2 Å². The average Bonchev–Trinajstić information content (AvgIpc) is 2.82. The molecule has 5 nitrogen and oxygen atoms in total. The van der Waals surface area contributed by atoms with Crippen LogP contribution in [0.4, 0.5) is 0 Å². The summed E-state index contributed by atoms with van der Waals surface area (Å²) in [6.45, 7) is 9.23. The summed E-state index contributed by atoms with van der Waals surface area (Å²) in [4.78, 5) is 0. The van der Waals surface area contributed by atoms with Crippen LogP contribution in [0.15, 0.2) is 0 Å². The van der Waals surface area contributed by atoms with Gasteiger partial charge in [-0.25, -0.2) is 0 Å². The van der Waals surface area contributed by atoms with E-state index in [0.29, 0.717) is 6.10 Å². The molecule has 5 atom stereocenters. The Morgan fingerprint density at radius 3 is 2.25 bits per heavy atom. The minimum absolute atomic E-state index is 0.0576. The lowest BCUT2D eigenvalue weighted by atomic mass is 9.73. The van der Waals surface area contributed by atoms with Crippen molar-refractivity contribution >= 4 is 7.85 Å². The normalized spacial score (nSPS) is 37.1. The van der Waals surface area contributed by atoms with Gasteiger partial charge in [-0.05, 0) is 69.6 Å². The minimum atomic E-state index is -0.157. The van der Waals surface area contributed by atoms with Crippen molar-refractivity contribution in [1.29, 1.82) is 0 Å². The van der Waals surface area contributed by atoms with E-state index in [0.717, 1.165) is 84.0 Å². The van der Waals surface area contributed by atoms with Gasteiger partial charge in [-0.1, -0.05) is 40.0 Å². The second-order valence-electron chi connectivity index (χ2n) is 11.6. The molecule has 3 aliphatic heterocycles. The summed E-state index contributed by atoms with van der Waals surface area (Å²) in [7, 11) is 2.27. The average molecular weight is 452 g/mol. The summed E-state index contributed by atoms with van der Waals surface area (Å²) in [5.41, 5.74) is 0.0199. The van der Waals surface area contributed by atoms with Crippen LogP contribution in [0.1, 0.15) is 111 Å². The third-order valence-corrected chi connectivity index (χ3v) is 7.42. The molecule has 0 radical (unpaired) electrons. The summed E-state index contributed by atoms with van der Waals surface area (Å²) in [5, 5.41) is 0. The number of rotatable bonds is 4. The van der Waals surface area contributed by atoms with Gasteiger partial charge in [-0.2, -0.15) is 0 Å². The Morgan fingerprint density at radius 1 is 0.688 bits per heavy atom. The first-order valence-electron chi connectivity index (χ1n) is 13.5. The van der Waals surface area contributed by atoms with Crippen molar-refractivity contribution in [3.8, 4) is 0 Å². The number of ether oxygens (including phenoxy) is 5. The first kappa shape index (κ1) is 26.5. The van der Waals surface area contributed by atoms with Crippen LogP contribution in [-0.4, -0.2) is 58.0 Å². The monoisotopic (exact) mass is 452 g/mol. The molecule has 6 heteroatoms. The highest BCUT2D eigenvalue weighted by Gasteiger charge is 2.33. The molecule has 3 fully saturated rings. The number of hydrogen-bond donors (Lipinski definition) is 0. The Morgan fingerprint density at radius 2 is 1.41 bits per heavy atom. The molecule has 3 rings (SSSR count). The molecule has 3 saturated heterocycles. The maximum Gasteiger partial charge on any atom is 0.158 e. The van der Waals surface area contributed by atoms with E-state index in [1.807, 2.05) is 0 Å². The summed E-state index contributed by atoms with van der Waals surface area (Å²) < 4.78 is 31.6. The molecule has 0 aromatic rings. The lowest BCUT2D eigenvalue weighted by Gasteiger charge is -2.38. The zero-order chi connectivity index (χ0) is 22.9. The molecular formula is C26H49BO5. The van der Waals surface area contributed by atoms with Gasteiger partial charge in [0.1, 0.15) is 7.85 Å². The van der Waals surface area contributed by atoms with Crippen LogP contribution in [0.2, 0.25) is 0 Å². The van der Waals surface area contributed by atoms with Crippen LogP contribution in [-0.2, 0) is 23.7 Å². The van der Waals surface area contributed by atoms with E-state index in [4.69, 9.17) is 23.7 Å². The molecule has 5 unspecified atom stereocenters. The van der Waals surface area contributed by atoms with Gasteiger partial charge in [0.25, 0.3) is 0 Å². The maximum absolute atomic E-state index is 6.62. The molecule has 0 aromatic carbocycles. The van der Waals surface area contributed by atoms with E-state index in [2.05, 4.69) is 28.6 Å². The van der Waals surface area contributed by atoms with Gasteiger partial charge in [0.15, 0.2) is 12.6 Å². The van der Waals surface area contributed by atoms with Crippen LogP contribution >= 0.6 is 0 Å². The predicted octanol–water partition coefficient (Wildman–Crippen LogP) is 5.34. The van der Waals surface area contributed by atoms with E-state index in [-0.39, 0.29) is 29.6 Å². The van der Waals surface area contributed by atoms with Gasteiger partial charge in [-0.15, -0.1) is 0 Å². The highest BCUT2D eigenvalue weighted by atomic mass is 16.7. The predicted molar refractivity (Wildman–Crippen MR) is 131 cm³/mol. The fourth-order valence-electron chi connectivity index (χ4n) is 5.30. The van der Waals surface area contributed by atoms with Gasteiger partial charge in [0.05, 0.1) is 12.2 Å². The molecule has 0 aromatic heterocycles. The van der Waals surface area contributed by atoms with Gasteiger partial charge in [0.2, 0.25) is 0 Å². The zero-order valence-corrected chi connectivity index (χ0v) is 21.4. The van der Waals surface area contributed by atoms with Crippen molar-refractivity contribution in [2.45, 2.75) is 141 Å². The van der Waals surface area contributed by atoms with Crippen molar-refractivity contribution in [2.24, 2.45) is 5.41 Å². The Hall–Kier alpha value is -0.135. The van der Waals surface area contributed by atoms with Crippen LogP contribution in [0.5, 0.6) is 0 Å². The van der Waals surface area contributed by atoms with E-state index in [9.17, 15) is 0 Å². The SMILES string of the molecule is BC1(OC2CCCCCCCO2)CCCOC(OC2CCCOC(C(C)(C)C)CC2)CC1. The highest BCUT2D eigenvalue weighted by Crippen LogP contribution is 2.32. The Labute approximate surface area is 198 Å². The Bertz CT molecular complexity index is 515. The summed E-state index contributed by atoms with van der Waals surface area (Å²) >= 11 is 0. The van der Waals surface area contributed by atoms with Crippen molar-refractivity contribution in [1.82, 2.24) is 0 Å². The third kappa shape index (κ3) is 9.25. The fraction of sp³-hybridized carbons (Fsp3) is 1.00. The van der Waals surface area contributed by atoms with Crippen LogP contribution in [0.25, 0.3) is 0 Å². The summed E-state index contributed by atoms with van der Waals surface area (Å²) in [6.07, 6.45) is 15.8. The van der Waals surface area contributed by atoms with Gasteiger partial charge >= 0.3 is 0 Å². The molecule has 0 N–H and O–H groups in total. The summed E-state index contributed by atoms with van der Waals surface area (Å²) in [6, 6.07) is 0. The largest absolute Gasteiger partial charge is 0.378 e. The van der Waals surface area contributed by atoms with Crippen LogP contribution < -0.4 is 0 Å². The van der Waals surface area contributed by atoms with Crippen molar-refractivity contribution in [3.63, 3.8) is 0 Å². The van der Waals surface area contributed by atoms with Gasteiger partial charge < -0.3 is 23.7 Å². The minimum Gasteiger partial charge on any atom is -0.378 e. The number of hydrogen-bond acceptors (Lipinski definition) is 5. The lowest BCUT2D eigenvalue weighted by Crippen LogP contribution is -2.42. The van der Waals surface area contributed by atoms with E-state index < -0.39 is 0 Å². The van der Waals surface area contributed by atoms with E-state index >= 15 is 0 Å². The van der Waals surface area contributed by atoms with Crippen LogP contribution in [0.3, 0.4) is 0 Å². The molecule has 32 heavy (non-hydrogen) atoms. The molecule has 3 heterocycles. The smallest absolute Gasteiger partial charge is 0.158 e. The fourth-order valence-corrected chi connectivity index (χ4v) is 5.30. The molecule has 0 saturated carbocycles. The van der Waals surface area contributed by atoms with Crippen molar-refractivity contribution < 1.29 is 23.7 Å². The molecule has 0 bridgehead atoms. The lowest BCUT2D eigenvalue weighted by molar-refractivity contribution is -0.219. The molecule has 186 valence electrons. The van der Waals surface area contributed by atoms with E-state index in [1.54, 1.807) is 0 Å². The van der Waals surface area contributed by atoms with Gasteiger partial charge in [0, 0.05) is 31.7 Å². The first-order chi connectivity index (χ1) is 15.3. The molecule has 0 aliphatic carbocycles.